The molecule has 2 aromatic rings. The second-order valence-electron chi connectivity index (χ2n) is 4.67. The molecule has 1 heterocycles. The Balaban J connectivity index is 1.61. The van der Waals surface area contributed by atoms with Gasteiger partial charge in [0.25, 0.3) is 0 Å². The lowest BCUT2D eigenvalue weighted by Crippen LogP contribution is -2.19. The van der Waals surface area contributed by atoms with Gasteiger partial charge in [-0.1, -0.05) is 23.5 Å². The number of anilines is 2. The predicted octanol–water partition coefficient (Wildman–Crippen LogP) is 3.37. The van der Waals surface area contributed by atoms with Gasteiger partial charge in [-0.25, -0.2) is 4.79 Å². The molecule has 1 aliphatic rings. The first-order valence-electron chi connectivity index (χ1n) is 6.19. The van der Waals surface area contributed by atoms with Crippen LogP contribution in [0.3, 0.4) is 0 Å². The summed E-state index contributed by atoms with van der Waals surface area (Å²) in [6, 6.07) is 7.36. The number of urea groups is 1. The third-order valence-corrected chi connectivity index (χ3v) is 3.86. The van der Waals surface area contributed by atoms with E-state index in [4.69, 9.17) is 0 Å². The minimum Gasteiger partial charge on any atom is -0.308 e. The zero-order valence-electron chi connectivity index (χ0n) is 10.5. The van der Waals surface area contributed by atoms with Crippen LogP contribution in [-0.4, -0.2) is 16.2 Å². The number of hydrogen-bond donors (Lipinski definition) is 2. The Morgan fingerprint density at radius 1 is 1.32 bits per heavy atom. The molecule has 0 radical (unpaired) electrons. The van der Waals surface area contributed by atoms with Gasteiger partial charge in [0, 0.05) is 11.6 Å². The molecule has 5 nitrogen and oxygen atoms in total. The van der Waals surface area contributed by atoms with Crippen molar-refractivity contribution in [3.05, 3.63) is 34.8 Å². The van der Waals surface area contributed by atoms with Crippen LogP contribution in [0.2, 0.25) is 0 Å². The van der Waals surface area contributed by atoms with Gasteiger partial charge in [-0.3, -0.25) is 5.32 Å². The third kappa shape index (κ3) is 3.08. The van der Waals surface area contributed by atoms with Crippen molar-refractivity contribution in [1.82, 2.24) is 10.2 Å². The highest BCUT2D eigenvalue weighted by Gasteiger charge is 2.27. The Labute approximate surface area is 115 Å². The molecule has 0 atom stereocenters. The normalized spacial score (nSPS) is 14.2. The molecule has 0 aliphatic heterocycles. The van der Waals surface area contributed by atoms with Crippen molar-refractivity contribution in [2.45, 2.75) is 25.7 Å². The van der Waals surface area contributed by atoms with Gasteiger partial charge < -0.3 is 5.32 Å². The largest absolute Gasteiger partial charge is 0.325 e. The molecule has 3 rings (SSSR count). The fourth-order valence-corrected chi connectivity index (χ4v) is 2.67. The Bertz CT molecular complexity index is 606. The first kappa shape index (κ1) is 12.1. The maximum absolute atomic E-state index is 11.8. The minimum atomic E-state index is -0.288. The zero-order chi connectivity index (χ0) is 13.2. The van der Waals surface area contributed by atoms with Crippen molar-refractivity contribution < 1.29 is 4.79 Å². The lowest BCUT2D eigenvalue weighted by Gasteiger charge is -2.05. The van der Waals surface area contributed by atoms with Gasteiger partial charge in [0.1, 0.15) is 5.01 Å². The SMILES string of the molecule is Cc1cccc(NC(=O)Nc2nnc(C3CC3)s2)c1. The lowest BCUT2D eigenvalue weighted by atomic mass is 10.2. The predicted molar refractivity (Wildman–Crippen MR) is 75.7 cm³/mol. The summed E-state index contributed by atoms with van der Waals surface area (Å²) in [5, 5.41) is 15.1. The van der Waals surface area contributed by atoms with Crippen molar-refractivity contribution in [1.29, 1.82) is 0 Å². The second-order valence-corrected chi connectivity index (χ2v) is 5.68. The summed E-state index contributed by atoms with van der Waals surface area (Å²) in [4.78, 5) is 11.8. The number of hydrogen-bond acceptors (Lipinski definition) is 4. The van der Waals surface area contributed by atoms with Crippen molar-refractivity contribution >= 4 is 28.2 Å². The van der Waals surface area contributed by atoms with E-state index in [9.17, 15) is 4.79 Å². The molecule has 0 bridgehead atoms. The highest BCUT2D eigenvalue weighted by Crippen LogP contribution is 2.42. The van der Waals surface area contributed by atoms with E-state index in [0.29, 0.717) is 11.0 Å². The van der Waals surface area contributed by atoms with Gasteiger partial charge in [-0.15, -0.1) is 10.2 Å². The quantitative estimate of drug-likeness (QED) is 0.901. The van der Waals surface area contributed by atoms with Crippen LogP contribution >= 0.6 is 11.3 Å². The Morgan fingerprint density at radius 3 is 2.89 bits per heavy atom. The molecule has 1 aliphatic carbocycles. The molecule has 0 spiro atoms. The highest BCUT2D eigenvalue weighted by molar-refractivity contribution is 7.15. The van der Waals surface area contributed by atoms with Crippen LogP contribution in [-0.2, 0) is 0 Å². The molecular formula is C13H14N4OS. The summed E-state index contributed by atoms with van der Waals surface area (Å²) in [5.74, 6) is 0.563. The Hall–Kier alpha value is -1.95. The number of aromatic nitrogens is 2. The summed E-state index contributed by atoms with van der Waals surface area (Å²) >= 11 is 1.45. The summed E-state index contributed by atoms with van der Waals surface area (Å²) in [6.07, 6.45) is 2.37. The lowest BCUT2D eigenvalue weighted by molar-refractivity contribution is 0.262. The molecule has 98 valence electrons. The van der Waals surface area contributed by atoms with Crippen LogP contribution in [0, 0.1) is 6.92 Å². The fraction of sp³-hybridized carbons (Fsp3) is 0.308. The van der Waals surface area contributed by atoms with E-state index in [-0.39, 0.29) is 6.03 Å². The number of nitrogens with one attached hydrogen (secondary N) is 2. The van der Waals surface area contributed by atoms with Crippen LogP contribution in [0.25, 0.3) is 0 Å². The van der Waals surface area contributed by atoms with Crippen molar-refractivity contribution in [3.8, 4) is 0 Å². The molecule has 0 saturated heterocycles. The van der Waals surface area contributed by atoms with Gasteiger partial charge in [0.2, 0.25) is 5.13 Å². The second kappa shape index (κ2) is 4.97. The number of carbonyl (C=O) groups is 1. The molecule has 0 unspecified atom stereocenters. The van der Waals surface area contributed by atoms with Gasteiger partial charge >= 0.3 is 6.03 Å². The average Bonchev–Trinajstić information content (AvgIpc) is 3.11. The number of aryl methyl sites for hydroxylation is 1. The first-order chi connectivity index (χ1) is 9.20. The van der Waals surface area contributed by atoms with E-state index in [1.165, 1.54) is 24.2 Å². The van der Waals surface area contributed by atoms with E-state index < -0.39 is 0 Å². The third-order valence-electron chi connectivity index (χ3n) is 2.86. The van der Waals surface area contributed by atoms with Crippen molar-refractivity contribution in [2.75, 3.05) is 10.6 Å². The van der Waals surface area contributed by atoms with Gasteiger partial charge in [0.05, 0.1) is 0 Å². The molecule has 6 heteroatoms. The summed E-state index contributed by atoms with van der Waals surface area (Å²) in [7, 11) is 0. The number of carbonyl (C=O) groups excluding carboxylic acids is 1. The van der Waals surface area contributed by atoms with Crippen LogP contribution in [0.5, 0.6) is 0 Å². The van der Waals surface area contributed by atoms with Crippen LogP contribution in [0.4, 0.5) is 15.6 Å². The van der Waals surface area contributed by atoms with Gasteiger partial charge in [0.15, 0.2) is 0 Å². The maximum Gasteiger partial charge on any atom is 0.325 e. The smallest absolute Gasteiger partial charge is 0.308 e. The van der Waals surface area contributed by atoms with Crippen LogP contribution < -0.4 is 10.6 Å². The molecule has 1 aromatic heterocycles. The van der Waals surface area contributed by atoms with Gasteiger partial charge in [-0.2, -0.15) is 0 Å². The van der Waals surface area contributed by atoms with E-state index in [1.54, 1.807) is 0 Å². The Morgan fingerprint density at radius 2 is 2.16 bits per heavy atom. The molecular weight excluding hydrogens is 260 g/mol. The monoisotopic (exact) mass is 274 g/mol. The van der Waals surface area contributed by atoms with E-state index in [1.807, 2.05) is 31.2 Å². The Kier molecular flexibility index (Phi) is 3.16. The molecule has 1 fully saturated rings. The first-order valence-corrected chi connectivity index (χ1v) is 7.00. The molecule has 1 aromatic carbocycles. The number of amides is 2. The van der Waals surface area contributed by atoms with E-state index in [2.05, 4.69) is 20.8 Å². The summed E-state index contributed by atoms with van der Waals surface area (Å²) < 4.78 is 0. The standard InChI is InChI=1S/C13H14N4OS/c1-8-3-2-4-10(7-8)14-12(18)15-13-17-16-11(19-13)9-5-6-9/h2-4,7,9H,5-6H2,1H3,(H2,14,15,17,18). The number of benzene rings is 1. The number of nitrogens with zero attached hydrogens (tertiary/aromatic N) is 2. The van der Waals surface area contributed by atoms with E-state index >= 15 is 0 Å². The molecule has 1 saturated carbocycles. The minimum absolute atomic E-state index is 0.288. The topological polar surface area (TPSA) is 66.9 Å². The molecule has 2 amide bonds. The fourth-order valence-electron chi connectivity index (χ4n) is 1.76. The highest BCUT2D eigenvalue weighted by atomic mass is 32.1. The van der Waals surface area contributed by atoms with Crippen LogP contribution in [0.1, 0.15) is 29.3 Å². The molecule has 19 heavy (non-hydrogen) atoms. The molecule has 2 N–H and O–H groups in total. The van der Waals surface area contributed by atoms with Gasteiger partial charge in [-0.05, 0) is 37.5 Å². The van der Waals surface area contributed by atoms with Crippen molar-refractivity contribution in [2.24, 2.45) is 0 Å². The van der Waals surface area contributed by atoms with Crippen LogP contribution in [0.15, 0.2) is 24.3 Å². The maximum atomic E-state index is 11.8. The average molecular weight is 274 g/mol. The van der Waals surface area contributed by atoms with Crippen molar-refractivity contribution in [3.63, 3.8) is 0 Å². The number of rotatable bonds is 3. The summed E-state index contributed by atoms with van der Waals surface area (Å²) in [5.41, 5.74) is 1.87. The zero-order valence-corrected chi connectivity index (χ0v) is 11.3. The summed E-state index contributed by atoms with van der Waals surface area (Å²) in [6.45, 7) is 1.98. The van der Waals surface area contributed by atoms with E-state index in [0.717, 1.165) is 16.3 Å².